The summed E-state index contributed by atoms with van der Waals surface area (Å²) < 4.78 is 0. The Morgan fingerprint density at radius 3 is 0.727 bits per heavy atom. The lowest BCUT2D eigenvalue weighted by Crippen LogP contribution is -1.93. The average Bonchev–Trinajstić information content (AvgIpc) is 1.27. The smallest absolute Gasteiger partial charge is 0.0411 e. The summed E-state index contributed by atoms with van der Waals surface area (Å²) in [5.74, 6) is 0. The monoisotopic (exact) mass is 164 g/mol. The second-order valence-corrected chi connectivity index (χ2v) is 3.71. The molecule has 0 rings (SSSR count). The van der Waals surface area contributed by atoms with Gasteiger partial charge < -0.3 is 0 Å². The summed E-state index contributed by atoms with van der Waals surface area (Å²) in [5.41, 5.74) is 0.500. The van der Waals surface area contributed by atoms with Gasteiger partial charge in [0.25, 0.3) is 0 Å². The Kier molecular flexibility index (Phi) is 45.9. The molecule has 0 aliphatic heterocycles. The van der Waals surface area contributed by atoms with E-state index in [1.165, 1.54) is 6.42 Å². The Hall–Kier alpha value is 0. The maximum absolute atomic E-state index is 2.19. The third-order valence-electron chi connectivity index (χ3n) is 0. The minimum Gasteiger partial charge on any atom is -0.0776 e. The van der Waals surface area contributed by atoms with Crippen LogP contribution in [0, 0.1) is 5.41 Å². The SMILES string of the molecule is C.C.C.CC(C)(C)C.CCC. The van der Waals surface area contributed by atoms with Crippen LogP contribution in [0.1, 0.15) is 70.2 Å². The molecule has 0 bridgehead atoms. The molecule has 0 heterocycles. The Morgan fingerprint density at radius 2 is 0.727 bits per heavy atom. The molecule has 0 radical (unpaired) electrons. The Bertz CT molecular complexity index is 23.8. The van der Waals surface area contributed by atoms with E-state index < -0.39 is 0 Å². The average molecular weight is 164 g/mol. The Labute approximate surface area is 76.4 Å². The molecule has 0 aromatic rings. The van der Waals surface area contributed by atoms with Gasteiger partial charge in [-0.15, -0.1) is 0 Å². The third-order valence-corrected chi connectivity index (χ3v) is 0. The maximum atomic E-state index is 2.19. The molecule has 11 heavy (non-hydrogen) atoms. The lowest BCUT2D eigenvalue weighted by atomic mass is 10.0. The van der Waals surface area contributed by atoms with Crippen molar-refractivity contribution in [1.29, 1.82) is 0 Å². The quantitative estimate of drug-likeness (QED) is 0.451. The first-order valence-electron chi connectivity index (χ1n) is 3.41. The zero-order valence-electron chi connectivity index (χ0n) is 7.21. The summed E-state index contributed by atoms with van der Waals surface area (Å²) in [6, 6.07) is 0. The predicted octanol–water partition coefficient (Wildman–Crippen LogP) is 5.38. The van der Waals surface area contributed by atoms with Crippen molar-refractivity contribution in [3.8, 4) is 0 Å². The van der Waals surface area contributed by atoms with Gasteiger partial charge in [0.15, 0.2) is 0 Å². The second-order valence-electron chi connectivity index (χ2n) is 3.71. The van der Waals surface area contributed by atoms with Crippen molar-refractivity contribution in [2.75, 3.05) is 0 Å². The van der Waals surface area contributed by atoms with Crippen LogP contribution >= 0.6 is 0 Å². The van der Waals surface area contributed by atoms with Gasteiger partial charge in [0.2, 0.25) is 0 Å². The molecule has 0 saturated heterocycles. The van der Waals surface area contributed by atoms with Crippen molar-refractivity contribution in [2.24, 2.45) is 5.41 Å². The van der Waals surface area contributed by atoms with Gasteiger partial charge in [0, 0.05) is 0 Å². The van der Waals surface area contributed by atoms with Crippen LogP contribution in [0.15, 0.2) is 0 Å². The van der Waals surface area contributed by atoms with E-state index in [0.29, 0.717) is 5.41 Å². The van der Waals surface area contributed by atoms with Crippen LogP contribution < -0.4 is 0 Å². The highest BCUT2D eigenvalue weighted by Crippen LogP contribution is 2.07. The van der Waals surface area contributed by atoms with E-state index in [2.05, 4.69) is 41.5 Å². The fourth-order valence-corrected chi connectivity index (χ4v) is 0. The summed E-state index contributed by atoms with van der Waals surface area (Å²) in [6.07, 6.45) is 1.25. The summed E-state index contributed by atoms with van der Waals surface area (Å²) in [6.45, 7) is 13.0. The highest BCUT2D eigenvalue weighted by molar-refractivity contribution is 4.47. The zero-order valence-corrected chi connectivity index (χ0v) is 7.21. The minimum absolute atomic E-state index is 0. The topological polar surface area (TPSA) is 0 Å². The van der Waals surface area contributed by atoms with Crippen molar-refractivity contribution in [1.82, 2.24) is 0 Å². The molecule has 0 aliphatic carbocycles. The molecule has 76 valence electrons. The van der Waals surface area contributed by atoms with Gasteiger partial charge in [-0.1, -0.05) is 70.2 Å². The molecule has 0 aliphatic rings. The molecule has 0 aromatic heterocycles. The first kappa shape index (κ1) is 30.6. The van der Waals surface area contributed by atoms with Gasteiger partial charge in [-0.25, -0.2) is 0 Å². The molecule has 0 nitrogen and oxygen atoms in total. The van der Waals surface area contributed by atoms with Gasteiger partial charge >= 0.3 is 0 Å². The summed E-state index contributed by atoms with van der Waals surface area (Å²) in [4.78, 5) is 0. The largest absolute Gasteiger partial charge is 0.0776 e. The van der Waals surface area contributed by atoms with Crippen molar-refractivity contribution in [3.05, 3.63) is 0 Å². The van der Waals surface area contributed by atoms with Crippen LogP contribution in [0.25, 0.3) is 0 Å². The van der Waals surface area contributed by atoms with Crippen LogP contribution in [0.3, 0.4) is 0 Å². The molecule has 0 N–H and O–H groups in total. The lowest BCUT2D eigenvalue weighted by Gasteiger charge is -2.05. The van der Waals surface area contributed by atoms with Gasteiger partial charge in [-0.3, -0.25) is 0 Å². The van der Waals surface area contributed by atoms with Crippen molar-refractivity contribution in [3.63, 3.8) is 0 Å². The minimum atomic E-state index is 0. The molecule has 0 aromatic carbocycles. The number of hydrogen-bond donors (Lipinski definition) is 0. The van der Waals surface area contributed by atoms with Gasteiger partial charge in [0.05, 0.1) is 0 Å². The second kappa shape index (κ2) is 16.5. The van der Waals surface area contributed by atoms with Crippen LogP contribution in [0.4, 0.5) is 0 Å². The van der Waals surface area contributed by atoms with E-state index in [-0.39, 0.29) is 22.3 Å². The highest BCUT2D eigenvalue weighted by Gasteiger charge is 1.95. The van der Waals surface area contributed by atoms with Gasteiger partial charge in [-0.2, -0.15) is 0 Å². The van der Waals surface area contributed by atoms with E-state index in [0.717, 1.165) is 0 Å². The fourth-order valence-electron chi connectivity index (χ4n) is 0. The molecule has 0 atom stereocenters. The van der Waals surface area contributed by atoms with Crippen LogP contribution in [0.2, 0.25) is 0 Å². The zero-order chi connectivity index (χ0) is 7.21. The summed E-state index contributed by atoms with van der Waals surface area (Å²) >= 11 is 0. The predicted molar refractivity (Wildman–Crippen MR) is 61.3 cm³/mol. The van der Waals surface area contributed by atoms with Gasteiger partial charge in [-0.05, 0) is 5.41 Å². The fraction of sp³-hybridized carbons (Fsp3) is 1.00. The van der Waals surface area contributed by atoms with Gasteiger partial charge in [0.1, 0.15) is 0 Å². The number of hydrogen-bond acceptors (Lipinski definition) is 0. The summed E-state index contributed by atoms with van der Waals surface area (Å²) in [5, 5.41) is 0. The highest BCUT2D eigenvalue weighted by atomic mass is 14.0. The van der Waals surface area contributed by atoms with E-state index >= 15 is 0 Å². The molecule has 0 heteroatoms. The third kappa shape index (κ3) is 0. The van der Waals surface area contributed by atoms with Crippen LogP contribution in [-0.4, -0.2) is 0 Å². The van der Waals surface area contributed by atoms with Crippen molar-refractivity contribution >= 4 is 0 Å². The number of rotatable bonds is 0. The van der Waals surface area contributed by atoms with Crippen LogP contribution in [-0.2, 0) is 0 Å². The van der Waals surface area contributed by atoms with Crippen molar-refractivity contribution in [2.45, 2.75) is 70.2 Å². The first-order chi connectivity index (χ1) is 3.41. The molecule has 0 unspecified atom stereocenters. The van der Waals surface area contributed by atoms with E-state index in [9.17, 15) is 0 Å². The van der Waals surface area contributed by atoms with E-state index in [1.54, 1.807) is 0 Å². The first-order valence-corrected chi connectivity index (χ1v) is 3.41. The molecular weight excluding hydrogens is 132 g/mol. The molecule has 0 amide bonds. The summed E-state index contributed by atoms with van der Waals surface area (Å²) in [7, 11) is 0. The van der Waals surface area contributed by atoms with E-state index in [4.69, 9.17) is 0 Å². The molecule has 0 fully saturated rings. The maximum Gasteiger partial charge on any atom is -0.0411 e. The van der Waals surface area contributed by atoms with Crippen LogP contribution in [0.5, 0.6) is 0 Å². The standard InChI is InChI=1S/C5H12.C3H8.3CH4/c1-5(2,3)4;1-3-2;;;/h1-4H3;3H2,1-2H3;3*1H4. The molecule has 0 spiro atoms. The molecular formula is C11H32. The normalized spacial score (nSPS) is 7.09. The Balaban J connectivity index is -0.0000000183. The lowest BCUT2D eigenvalue weighted by molar-refractivity contribution is 0.469. The molecule has 0 saturated carbocycles. The van der Waals surface area contributed by atoms with E-state index in [1.807, 2.05) is 0 Å². The van der Waals surface area contributed by atoms with Crippen molar-refractivity contribution < 1.29 is 0 Å². The Morgan fingerprint density at radius 1 is 0.727 bits per heavy atom.